The van der Waals surface area contributed by atoms with Crippen LogP contribution in [0.4, 0.5) is 0 Å². The van der Waals surface area contributed by atoms with Crippen LogP contribution in [0.25, 0.3) is 10.9 Å². The molecule has 0 unspecified atom stereocenters. The van der Waals surface area contributed by atoms with Crippen molar-refractivity contribution in [1.29, 1.82) is 0 Å². The van der Waals surface area contributed by atoms with Crippen LogP contribution in [-0.2, 0) is 0 Å². The minimum atomic E-state index is 0.736. The Bertz CT molecular complexity index is 514. The molecule has 2 nitrogen and oxygen atoms in total. The van der Waals surface area contributed by atoms with E-state index in [1.54, 1.807) is 7.11 Å². The zero-order valence-corrected chi connectivity index (χ0v) is 10.1. The highest BCUT2D eigenvalue weighted by molar-refractivity contribution is 9.10. The maximum absolute atomic E-state index is 5.34. The number of benzene rings is 1. The van der Waals surface area contributed by atoms with E-state index in [0.29, 0.717) is 0 Å². The molecule has 3 rings (SSSR count). The first-order valence-corrected chi connectivity index (χ1v) is 5.94. The van der Waals surface area contributed by atoms with E-state index in [1.807, 2.05) is 12.1 Å². The van der Waals surface area contributed by atoms with E-state index in [2.05, 4.69) is 27.0 Å². The molecule has 1 fully saturated rings. The largest absolute Gasteiger partial charge is 0.495 e. The lowest BCUT2D eigenvalue weighted by molar-refractivity contribution is 0.419. The molecule has 1 aliphatic rings. The molecule has 0 spiro atoms. The first kappa shape index (κ1) is 9.28. The molecule has 1 heterocycles. The molecule has 0 amide bonds. The van der Waals surface area contributed by atoms with Gasteiger partial charge in [-0.3, -0.25) is 0 Å². The summed E-state index contributed by atoms with van der Waals surface area (Å²) in [5.41, 5.74) is 2.53. The molecular formula is C12H12BrNO. The van der Waals surface area contributed by atoms with Gasteiger partial charge in [-0.2, -0.15) is 0 Å². The van der Waals surface area contributed by atoms with Gasteiger partial charge in [0.25, 0.3) is 0 Å². The number of fused-ring (bicyclic) bond motifs is 1. The number of H-pyrrole nitrogens is 1. The normalized spacial score (nSPS) is 15.9. The summed E-state index contributed by atoms with van der Waals surface area (Å²) in [5.74, 6) is 1.65. The lowest BCUT2D eigenvalue weighted by Crippen LogP contribution is -1.83. The van der Waals surface area contributed by atoms with Crippen LogP contribution < -0.4 is 4.74 Å². The van der Waals surface area contributed by atoms with Crippen molar-refractivity contribution in [2.45, 2.75) is 18.8 Å². The van der Waals surface area contributed by atoms with Crippen molar-refractivity contribution in [2.24, 2.45) is 0 Å². The van der Waals surface area contributed by atoms with Crippen LogP contribution in [0, 0.1) is 0 Å². The first-order valence-electron chi connectivity index (χ1n) is 5.15. The monoisotopic (exact) mass is 265 g/mol. The fourth-order valence-corrected chi connectivity index (χ4v) is 2.86. The van der Waals surface area contributed by atoms with E-state index in [4.69, 9.17) is 4.74 Å². The van der Waals surface area contributed by atoms with E-state index < -0.39 is 0 Å². The molecule has 0 radical (unpaired) electrons. The van der Waals surface area contributed by atoms with Gasteiger partial charge in [0.05, 0.1) is 17.2 Å². The third-order valence-electron chi connectivity index (χ3n) is 2.99. The van der Waals surface area contributed by atoms with Gasteiger partial charge < -0.3 is 9.72 Å². The van der Waals surface area contributed by atoms with Crippen LogP contribution in [0.1, 0.15) is 24.3 Å². The highest BCUT2D eigenvalue weighted by Gasteiger charge is 2.29. The Kier molecular flexibility index (Phi) is 2.02. The summed E-state index contributed by atoms with van der Waals surface area (Å²) in [5, 5.41) is 1.30. The average Bonchev–Trinajstić information content (AvgIpc) is 3.00. The van der Waals surface area contributed by atoms with Crippen LogP contribution >= 0.6 is 15.9 Å². The number of hydrogen-bond acceptors (Lipinski definition) is 1. The number of hydrogen-bond donors (Lipinski definition) is 1. The summed E-state index contributed by atoms with van der Waals surface area (Å²) in [6, 6.07) is 6.20. The minimum absolute atomic E-state index is 0.736. The molecule has 78 valence electrons. The minimum Gasteiger partial charge on any atom is -0.495 e. The maximum atomic E-state index is 5.34. The second kappa shape index (κ2) is 3.27. The van der Waals surface area contributed by atoms with Gasteiger partial charge in [0.2, 0.25) is 0 Å². The molecule has 1 N–H and O–H groups in total. The van der Waals surface area contributed by atoms with E-state index in [0.717, 1.165) is 21.8 Å². The molecule has 0 saturated heterocycles. The molecule has 1 aliphatic carbocycles. The van der Waals surface area contributed by atoms with Crippen LogP contribution in [0.15, 0.2) is 22.8 Å². The van der Waals surface area contributed by atoms with Crippen LogP contribution in [0.3, 0.4) is 0 Å². The number of rotatable bonds is 2. The number of para-hydroxylation sites is 1. The van der Waals surface area contributed by atoms with E-state index >= 15 is 0 Å². The van der Waals surface area contributed by atoms with Gasteiger partial charge in [-0.25, -0.2) is 0 Å². The van der Waals surface area contributed by atoms with Gasteiger partial charge in [0, 0.05) is 5.39 Å². The topological polar surface area (TPSA) is 25.0 Å². The van der Waals surface area contributed by atoms with Crippen molar-refractivity contribution >= 4 is 26.8 Å². The van der Waals surface area contributed by atoms with Crippen molar-refractivity contribution in [3.05, 3.63) is 28.4 Å². The molecule has 3 heteroatoms. The van der Waals surface area contributed by atoms with Gasteiger partial charge >= 0.3 is 0 Å². The Morgan fingerprint density at radius 2 is 2.20 bits per heavy atom. The fourth-order valence-electron chi connectivity index (χ4n) is 2.12. The molecule has 15 heavy (non-hydrogen) atoms. The maximum Gasteiger partial charge on any atom is 0.142 e. The summed E-state index contributed by atoms with van der Waals surface area (Å²) < 4.78 is 6.46. The lowest BCUT2D eigenvalue weighted by Gasteiger charge is -2.01. The van der Waals surface area contributed by atoms with E-state index in [-0.39, 0.29) is 0 Å². The molecule has 0 bridgehead atoms. The SMILES string of the molecule is COc1cccc2c(C3CC3)c(Br)[nH]c12. The van der Waals surface area contributed by atoms with Crippen LogP contribution in [-0.4, -0.2) is 12.1 Å². The quantitative estimate of drug-likeness (QED) is 0.878. The van der Waals surface area contributed by atoms with E-state index in [9.17, 15) is 0 Å². The standard InChI is InChI=1S/C12H12BrNO/c1-15-9-4-2-3-8-10(7-5-6-7)12(13)14-11(8)9/h2-4,7,14H,5-6H2,1H3. The molecule has 1 aromatic heterocycles. The van der Waals surface area contributed by atoms with Gasteiger partial charge in [-0.1, -0.05) is 12.1 Å². The summed E-state index contributed by atoms with van der Waals surface area (Å²) in [7, 11) is 1.71. The summed E-state index contributed by atoms with van der Waals surface area (Å²) in [4.78, 5) is 3.36. The van der Waals surface area contributed by atoms with Crippen molar-refractivity contribution in [3.8, 4) is 5.75 Å². The summed E-state index contributed by atoms with van der Waals surface area (Å²) in [6.45, 7) is 0. The van der Waals surface area contributed by atoms with Crippen LogP contribution in [0.2, 0.25) is 0 Å². The van der Waals surface area contributed by atoms with Crippen molar-refractivity contribution in [2.75, 3.05) is 7.11 Å². The second-order valence-electron chi connectivity index (χ2n) is 4.01. The van der Waals surface area contributed by atoms with Crippen molar-refractivity contribution in [1.82, 2.24) is 4.98 Å². The number of ether oxygens (including phenoxy) is 1. The van der Waals surface area contributed by atoms with Crippen LogP contribution in [0.5, 0.6) is 5.75 Å². The zero-order valence-electron chi connectivity index (χ0n) is 8.51. The zero-order chi connectivity index (χ0) is 10.4. The number of aromatic amines is 1. The Hall–Kier alpha value is -0.960. The predicted molar refractivity (Wildman–Crippen MR) is 64.5 cm³/mol. The number of methoxy groups -OCH3 is 1. The lowest BCUT2D eigenvalue weighted by atomic mass is 10.1. The third-order valence-corrected chi connectivity index (χ3v) is 3.62. The van der Waals surface area contributed by atoms with Gasteiger partial charge in [0.15, 0.2) is 0 Å². The first-order chi connectivity index (χ1) is 7.31. The highest BCUT2D eigenvalue weighted by atomic mass is 79.9. The van der Waals surface area contributed by atoms with Gasteiger partial charge in [0.1, 0.15) is 5.75 Å². The van der Waals surface area contributed by atoms with E-state index in [1.165, 1.54) is 23.8 Å². The predicted octanol–water partition coefficient (Wildman–Crippen LogP) is 3.82. The number of nitrogens with one attached hydrogen (secondary N) is 1. The van der Waals surface area contributed by atoms with Gasteiger partial charge in [-0.05, 0) is 46.3 Å². The second-order valence-corrected chi connectivity index (χ2v) is 4.80. The average molecular weight is 266 g/mol. The molecule has 2 aromatic rings. The Morgan fingerprint density at radius 3 is 2.87 bits per heavy atom. The smallest absolute Gasteiger partial charge is 0.142 e. The van der Waals surface area contributed by atoms with Gasteiger partial charge in [-0.15, -0.1) is 0 Å². The molecular weight excluding hydrogens is 254 g/mol. The Morgan fingerprint density at radius 1 is 1.40 bits per heavy atom. The Balaban J connectivity index is 2.31. The molecule has 0 atom stereocenters. The van der Waals surface area contributed by atoms with Crippen molar-refractivity contribution in [3.63, 3.8) is 0 Å². The molecule has 1 saturated carbocycles. The molecule has 1 aromatic carbocycles. The molecule has 0 aliphatic heterocycles. The Labute approximate surface area is 96.8 Å². The highest BCUT2D eigenvalue weighted by Crippen LogP contribution is 2.47. The summed E-state index contributed by atoms with van der Waals surface area (Å²) >= 11 is 3.60. The number of halogens is 1. The third kappa shape index (κ3) is 1.37. The number of aromatic nitrogens is 1. The fraction of sp³-hybridized carbons (Fsp3) is 0.333. The van der Waals surface area contributed by atoms with Crippen molar-refractivity contribution < 1.29 is 4.74 Å². The summed E-state index contributed by atoms with van der Waals surface area (Å²) in [6.07, 6.45) is 2.62.